The van der Waals surface area contributed by atoms with Gasteiger partial charge in [-0.25, -0.2) is 4.79 Å². The highest BCUT2D eigenvalue weighted by atomic mass is 32.1. The van der Waals surface area contributed by atoms with Gasteiger partial charge in [0.2, 0.25) is 0 Å². The van der Waals surface area contributed by atoms with Crippen LogP contribution in [-0.4, -0.2) is 23.5 Å². The Morgan fingerprint density at radius 3 is 2.39 bits per heavy atom. The van der Waals surface area contributed by atoms with Crippen molar-refractivity contribution in [2.45, 2.75) is 0 Å². The van der Waals surface area contributed by atoms with Crippen molar-refractivity contribution in [2.24, 2.45) is 0 Å². The number of hydrogen-bond acceptors (Lipinski definition) is 5. The van der Waals surface area contributed by atoms with E-state index in [9.17, 15) is 14.4 Å². The number of H-pyrrole nitrogens is 1. The lowest BCUT2D eigenvalue weighted by atomic mass is 10.3. The van der Waals surface area contributed by atoms with Gasteiger partial charge in [0, 0.05) is 23.1 Å². The molecular formula is C22H18N4O4S. The molecule has 0 aliphatic heterocycles. The van der Waals surface area contributed by atoms with Crippen molar-refractivity contribution < 1.29 is 14.3 Å². The molecule has 1 heterocycles. The fraction of sp³-hybridized carbons (Fsp3) is 0.0455. The molecule has 3 aromatic carbocycles. The summed E-state index contributed by atoms with van der Waals surface area (Å²) in [5.74, 6) is 0.155. The molecule has 8 nitrogen and oxygen atoms in total. The molecule has 0 spiro atoms. The number of para-hydroxylation sites is 1. The highest BCUT2D eigenvalue weighted by molar-refractivity contribution is 7.16. The van der Waals surface area contributed by atoms with Crippen LogP contribution in [-0.2, 0) is 4.79 Å². The summed E-state index contributed by atoms with van der Waals surface area (Å²) in [6, 6.07) is 20.5. The number of nitrogens with one attached hydrogen (secondary N) is 4. The van der Waals surface area contributed by atoms with Gasteiger partial charge in [-0.15, -0.1) is 0 Å². The molecule has 0 atom stereocenters. The maximum absolute atomic E-state index is 12.3. The SMILES string of the molecule is O=C(COc1cccc(NC(=O)Nc2ccc3sc(=O)[nH]c3c2)c1)Nc1ccccc1. The number of anilines is 3. The maximum atomic E-state index is 12.3. The maximum Gasteiger partial charge on any atom is 0.323 e. The lowest BCUT2D eigenvalue weighted by Crippen LogP contribution is -2.20. The van der Waals surface area contributed by atoms with Gasteiger partial charge in [-0.1, -0.05) is 35.6 Å². The van der Waals surface area contributed by atoms with E-state index >= 15 is 0 Å². The van der Waals surface area contributed by atoms with E-state index in [4.69, 9.17) is 4.74 Å². The van der Waals surface area contributed by atoms with E-state index in [1.807, 2.05) is 18.2 Å². The Balaban J connectivity index is 1.32. The summed E-state index contributed by atoms with van der Waals surface area (Å²) in [7, 11) is 0. The normalized spacial score (nSPS) is 10.5. The fourth-order valence-corrected chi connectivity index (χ4v) is 3.57. The molecule has 1 aromatic heterocycles. The Kier molecular flexibility index (Phi) is 5.95. The summed E-state index contributed by atoms with van der Waals surface area (Å²) >= 11 is 1.11. The number of hydrogen-bond donors (Lipinski definition) is 4. The lowest BCUT2D eigenvalue weighted by Gasteiger charge is -2.10. The average molecular weight is 434 g/mol. The molecule has 0 aliphatic carbocycles. The van der Waals surface area contributed by atoms with Crippen molar-refractivity contribution in [3.05, 3.63) is 82.5 Å². The molecule has 0 radical (unpaired) electrons. The van der Waals surface area contributed by atoms with Crippen LogP contribution in [0.4, 0.5) is 21.9 Å². The average Bonchev–Trinajstić information content (AvgIpc) is 3.12. The zero-order valence-electron chi connectivity index (χ0n) is 16.2. The summed E-state index contributed by atoms with van der Waals surface area (Å²) in [5, 5.41) is 8.16. The van der Waals surface area contributed by atoms with Gasteiger partial charge < -0.3 is 25.7 Å². The van der Waals surface area contributed by atoms with Gasteiger partial charge in [-0.2, -0.15) is 0 Å². The van der Waals surface area contributed by atoms with Gasteiger partial charge in [0.25, 0.3) is 5.91 Å². The van der Waals surface area contributed by atoms with Gasteiger partial charge in [0.05, 0.1) is 10.2 Å². The number of thiazole rings is 1. The van der Waals surface area contributed by atoms with E-state index in [1.54, 1.807) is 54.6 Å². The first-order valence-corrected chi connectivity index (χ1v) is 10.2. The van der Waals surface area contributed by atoms with Crippen LogP contribution in [0.2, 0.25) is 0 Å². The molecule has 3 amide bonds. The number of aromatic amines is 1. The van der Waals surface area contributed by atoms with Crippen LogP contribution in [0, 0.1) is 0 Å². The Labute approximate surface area is 180 Å². The molecule has 0 bridgehead atoms. The van der Waals surface area contributed by atoms with Crippen LogP contribution in [0.15, 0.2) is 77.6 Å². The minimum Gasteiger partial charge on any atom is -0.484 e. The van der Waals surface area contributed by atoms with Gasteiger partial charge in [-0.3, -0.25) is 9.59 Å². The van der Waals surface area contributed by atoms with Crippen LogP contribution in [0.1, 0.15) is 0 Å². The van der Waals surface area contributed by atoms with Crippen molar-refractivity contribution in [1.82, 2.24) is 4.98 Å². The molecule has 9 heteroatoms. The molecule has 4 rings (SSSR count). The third-order valence-corrected chi connectivity index (χ3v) is 5.06. The van der Waals surface area contributed by atoms with E-state index in [-0.39, 0.29) is 17.4 Å². The first kappa shape index (κ1) is 20.2. The van der Waals surface area contributed by atoms with E-state index < -0.39 is 6.03 Å². The topological polar surface area (TPSA) is 112 Å². The molecular weight excluding hydrogens is 416 g/mol. The zero-order valence-corrected chi connectivity index (χ0v) is 17.0. The molecule has 31 heavy (non-hydrogen) atoms. The number of benzene rings is 3. The molecule has 0 fully saturated rings. The van der Waals surface area contributed by atoms with Crippen LogP contribution in [0.3, 0.4) is 0 Å². The van der Waals surface area contributed by atoms with E-state index in [2.05, 4.69) is 20.9 Å². The van der Waals surface area contributed by atoms with Crippen LogP contribution in [0.25, 0.3) is 10.2 Å². The van der Waals surface area contributed by atoms with Gasteiger partial charge in [0.1, 0.15) is 5.75 Å². The highest BCUT2D eigenvalue weighted by Gasteiger charge is 2.07. The summed E-state index contributed by atoms with van der Waals surface area (Å²) in [5.41, 5.74) is 2.40. The second-order valence-corrected chi connectivity index (χ2v) is 7.55. The van der Waals surface area contributed by atoms with Crippen molar-refractivity contribution >= 4 is 50.6 Å². The second kappa shape index (κ2) is 9.14. The summed E-state index contributed by atoms with van der Waals surface area (Å²) in [4.78, 5) is 38.3. The largest absolute Gasteiger partial charge is 0.484 e. The van der Waals surface area contributed by atoms with Gasteiger partial charge >= 0.3 is 10.9 Å². The van der Waals surface area contributed by atoms with Crippen molar-refractivity contribution in [2.75, 3.05) is 22.6 Å². The van der Waals surface area contributed by atoms with Crippen molar-refractivity contribution in [3.63, 3.8) is 0 Å². The molecule has 4 N–H and O–H groups in total. The second-order valence-electron chi connectivity index (χ2n) is 6.54. The van der Waals surface area contributed by atoms with Crippen LogP contribution >= 0.6 is 11.3 Å². The number of aromatic nitrogens is 1. The minimum absolute atomic E-state index is 0.147. The van der Waals surface area contributed by atoms with Gasteiger partial charge in [-0.05, 0) is 42.5 Å². The molecule has 0 unspecified atom stereocenters. The third-order valence-electron chi connectivity index (χ3n) is 4.20. The third kappa shape index (κ3) is 5.49. The highest BCUT2D eigenvalue weighted by Crippen LogP contribution is 2.20. The summed E-state index contributed by atoms with van der Waals surface area (Å²) < 4.78 is 6.33. The van der Waals surface area contributed by atoms with E-state index in [1.165, 1.54) is 0 Å². The monoisotopic (exact) mass is 434 g/mol. The number of fused-ring (bicyclic) bond motifs is 1. The first-order valence-electron chi connectivity index (χ1n) is 9.34. The van der Waals surface area contributed by atoms with Gasteiger partial charge in [0.15, 0.2) is 6.61 Å². The first-order chi connectivity index (χ1) is 15.0. The molecule has 0 saturated carbocycles. The molecule has 4 aromatic rings. The molecule has 0 aliphatic rings. The molecule has 156 valence electrons. The Hall–Kier alpha value is -4.11. The Bertz CT molecular complexity index is 1280. The van der Waals surface area contributed by atoms with Crippen LogP contribution < -0.4 is 25.6 Å². The minimum atomic E-state index is -0.448. The number of ether oxygens (including phenoxy) is 1. The van der Waals surface area contributed by atoms with Crippen molar-refractivity contribution in [3.8, 4) is 5.75 Å². The van der Waals surface area contributed by atoms with E-state index in [0.29, 0.717) is 28.3 Å². The predicted molar refractivity (Wildman–Crippen MR) is 122 cm³/mol. The fourth-order valence-electron chi connectivity index (χ4n) is 2.85. The standard InChI is InChI=1S/C22H18N4O4S/c27-20(23-14-5-2-1-3-6-14)13-30-17-8-4-7-15(11-17)24-21(28)25-16-9-10-19-18(12-16)26-22(29)31-19/h1-12H,13H2,(H,23,27)(H,26,29)(H2,24,25,28). The Morgan fingerprint density at radius 1 is 0.839 bits per heavy atom. The number of urea groups is 1. The zero-order chi connectivity index (χ0) is 21.6. The Morgan fingerprint density at radius 2 is 1.58 bits per heavy atom. The number of carbonyl (C=O) groups is 2. The van der Waals surface area contributed by atoms with Crippen molar-refractivity contribution in [1.29, 1.82) is 0 Å². The quantitative estimate of drug-likeness (QED) is 0.363. The lowest BCUT2D eigenvalue weighted by molar-refractivity contribution is -0.118. The van der Waals surface area contributed by atoms with Crippen LogP contribution in [0.5, 0.6) is 5.75 Å². The smallest absolute Gasteiger partial charge is 0.323 e. The number of amides is 3. The summed E-state index contributed by atoms with van der Waals surface area (Å²) in [6.45, 7) is -0.163. The summed E-state index contributed by atoms with van der Waals surface area (Å²) in [6.07, 6.45) is 0. The molecule has 0 saturated heterocycles. The number of carbonyl (C=O) groups excluding carboxylic acids is 2. The van der Waals surface area contributed by atoms with E-state index in [0.717, 1.165) is 16.0 Å². The number of rotatable bonds is 6. The predicted octanol–water partition coefficient (Wildman–Crippen LogP) is 4.25.